The number of fused-ring (bicyclic) bond motifs is 2. The summed E-state index contributed by atoms with van der Waals surface area (Å²) in [5.74, 6) is -0.292. The number of hydrogen-bond acceptors (Lipinski definition) is 7. The first-order valence-corrected chi connectivity index (χ1v) is 12.5. The summed E-state index contributed by atoms with van der Waals surface area (Å²) in [5.41, 5.74) is 5.11. The number of Topliss-reactive ketones (excluding diaryl/α,β-unsaturated/α-hetero) is 1. The van der Waals surface area contributed by atoms with E-state index >= 15 is 0 Å². The number of amides is 1. The van der Waals surface area contributed by atoms with Crippen molar-refractivity contribution in [1.29, 1.82) is 0 Å². The van der Waals surface area contributed by atoms with Crippen LogP contribution in [0, 0.1) is 5.82 Å². The minimum atomic E-state index is -1.55. The second kappa shape index (κ2) is 9.74. The Labute approximate surface area is 224 Å². The highest BCUT2D eigenvalue weighted by Crippen LogP contribution is 2.46. The van der Waals surface area contributed by atoms with E-state index in [0.29, 0.717) is 33.9 Å². The zero-order valence-electron chi connectivity index (χ0n) is 21.8. The van der Waals surface area contributed by atoms with E-state index in [1.165, 1.54) is 19.2 Å². The molecule has 1 amide bonds. The number of nitrogens with two attached hydrogens (primary N) is 1. The molecule has 0 saturated carbocycles. The van der Waals surface area contributed by atoms with E-state index in [2.05, 4.69) is 9.97 Å². The molecule has 1 aliphatic heterocycles. The molecule has 0 fully saturated rings. The van der Waals surface area contributed by atoms with Crippen molar-refractivity contribution >= 4 is 22.5 Å². The number of carbonyl (C=O) groups is 2. The van der Waals surface area contributed by atoms with Crippen molar-refractivity contribution in [3.8, 4) is 22.8 Å². The van der Waals surface area contributed by atoms with Gasteiger partial charge in [0.05, 0.1) is 12.8 Å². The molecule has 0 spiro atoms. The molecule has 0 unspecified atom stereocenters. The van der Waals surface area contributed by atoms with Crippen molar-refractivity contribution in [3.05, 3.63) is 83.6 Å². The Morgan fingerprint density at radius 1 is 1.21 bits per heavy atom. The number of aromatic nitrogens is 2. The predicted octanol–water partition coefficient (Wildman–Crippen LogP) is 4.45. The van der Waals surface area contributed by atoms with Crippen LogP contribution in [0.2, 0.25) is 0 Å². The molecule has 0 saturated heterocycles. The Balaban J connectivity index is 1.49. The molecule has 4 aromatic rings. The van der Waals surface area contributed by atoms with E-state index in [4.69, 9.17) is 15.2 Å². The molecule has 0 radical (unpaired) electrons. The number of carbonyl (C=O) groups excluding carboxylic acids is 2. The number of methoxy groups -OCH3 is 1. The fraction of sp³-hybridized carbons (Fsp3) is 0.267. The number of ketones is 1. The van der Waals surface area contributed by atoms with Gasteiger partial charge in [0.2, 0.25) is 5.91 Å². The smallest absolute Gasteiger partial charge is 0.231 e. The Kier molecular flexibility index (Phi) is 6.56. The summed E-state index contributed by atoms with van der Waals surface area (Å²) in [7, 11) is 1.53. The van der Waals surface area contributed by atoms with Crippen LogP contribution in [-0.4, -0.2) is 40.5 Å². The van der Waals surface area contributed by atoms with Gasteiger partial charge >= 0.3 is 0 Å². The van der Waals surface area contributed by atoms with Crippen LogP contribution < -0.4 is 15.2 Å². The van der Waals surface area contributed by atoms with Crippen LogP contribution in [0.3, 0.4) is 0 Å². The van der Waals surface area contributed by atoms with Gasteiger partial charge in [-0.15, -0.1) is 0 Å². The van der Waals surface area contributed by atoms with Crippen molar-refractivity contribution in [2.75, 3.05) is 13.7 Å². The summed E-state index contributed by atoms with van der Waals surface area (Å²) in [5, 5.41) is 13.1. The van der Waals surface area contributed by atoms with Crippen molar-refractivity contribution in [3.63, 3.8) is 0 Å². The molecule has 3 heterocycles. The second-order valence-electron chi connectivity index (χ2n) is 10.2. The first-order chi connectivity index (χ1) is 18.5. The highest BCUT2D eigenvalue weighted by Gasteiger charge is 2.45. The van der Waals surface area contributed by atoms with E-state index in [0.717, 1.165) is 10.8 Å². The van der Waals surface area contributed by atoms with E-state index in [9.17, 15) is 19.1 Å². The Hall–Kier alpha value is -4.37. The van der Waals surface area contributed by atoms with Crippen LogP contribution in [0.25, 0.3) is 22.0 Å². The van der Waals surface area contributed by atoms with Gasteiger partial charge < -0.3 is 20.3 Å². The first kappa shape index (κ1) is 26.2. The third kappa shape index (κ3) is 4.70. The summed E-state index contributed by atoms with van der Waals surface area (Å²) < 4.78 is 24.9. The molecule has 200 valence electrons. The molecule has 2 aromatic carbocycles. The topological polar surface area (TPSA) is 125 Å². The highest BCUT2D eigenvalue weighted by atomic mass is 19.1. The number of hydrogen-bond donors (Lipinski definition) is 2. The lowest BCUT2D eigenvalue weighted by molar-refractivity contribution is -0.123. The van der Waals surface area contributed by atoms with Gasteiger partial charge in [-0.1, -0.05) is 0 Å². The van der Waals surface area contributed by atoms with Gasteiger partial charge in [-0.2, -0.15) is 0 Å². The predicted molar refractivity (Wildman–Crippen MR) is 143 cm³/mol. The van der Waals surface area contributed by atoms with Crippen molar-refractivity contribution in [1.82, 2.24) is 9.97 Å². The maximum Gasteiger partial charge on any atom is 0.231 e. The molecule has 2 aromatic heterocycles. The number of ether oxygens (including phenoxy) is 2. The molecule has 1 aliphatic rings. The van der Waals surface area contributed by atoms with Gasteiger partial charge in [-0.25, -0.2) is 9.37 Å². The number of aliphatic hydroxyl groups is 1. The standard InChI is InChI=1S/C30H28FN3O5/c1-29(28(32)36)16-39-27-22(29)14-25(34-26(27)17-4-6-20(31)7-5-17)30(2,37)10-8-23(35)19-12-18-9-11-33-15-21(18)24(13-19)38-3/h4-7,9,11-15,37H,8,10,16H2,1-3H3,(H2,32,36)/t29-,30-/m0/s1. The third-order valence-electron chi connectivity index (χ3n) is 7.38. The molecular formula is C30H28FN3O5. The zero-order valence-corrected chi connectivity index (χ0v) is 21.8. The van der Waals surface area contributed by atoms with Crippen molar-refractivity contribution in [2.24, 2.45) is 5.73 Å². The molecule has 2 atom stereocenters. The SMILES string of the molecule is COc1cc(C(=O)CC[C@](C)(O)c2cc3c(c(-c4ccc(F)cc4)n2)OC[C@]3(C)C(N)=O)cc2ccncc12. The highest BCUT2D eigenvalue weighted by molar-refractivity contribution is 6.01. The van der Waals surface area contributed by atoms with Gasteiger partial charge in [0.25, 0.3) is 0 Å². The second-order valence-corrected chi connectivity index (χ2v) is 10.2. The first-order valence-electron chi connectivity index (χ1n) is 12.5. The van der Waals surface area contributed by atoms with Gasteiger partial charge in [0.1, 0.15) is 40.6 Å². The summed E-state index contributed by atoms with van der Waals surface area (Å²) in [6, 6.07) is 12.5. The summed E-state index contributed by atoms with van der Waals surface area (Å²) in [4.78, 5) is 34.4. The van der Waals surface area contributed by atoms with Crippen molar-refractivity contribution < 1.29 is 28.6 Å². The Bertz CT molecular complexity index is 1600. The number of primary amides is 1. The van der Waals surface area contributed by atoms with Crippen molar-refractivity contribution in [2.45, 2.75) is 37.7 Å². The maximum absolute atomic E-state index is 13.6. The fourth-order valence-electron chi connectivity index (χ4n) is 4.79. The largest absolute Gasteiger partial charge is 0.496 e. The minimum absolute atomic E-state index is 0.0109. The molecule has 9 heteroatoms. The quantitative estimate of drug-likeness (QED) is 0.323. The number of nitrogens with zero attached hydrogens (tertiary/aromatic N) is 2. The fourth-order valence-corrected chi connectivity index (χ4v) is 4.79. The average Bonchev–Trinajstić information content (AvgIpc) is 3.29. The van der Waals surface area contributed by atoms with E-state index in [1.54, 1.807) is 62.6 Å². The lowest BCUT2D eigenvalue weighted by atomic mass is 9.81. The number of halogens is 1. The Morgan fingerprint density at radius 2 is 1.95 bits per heavy atom. The van der Waals surface area contributed by atoms with Crippen LogP contribution in [0.1, 0.15) is 48.3 Å². The van der Waals surface area contributed by atoms with Gasteiger partial charge in [0, 0.05) is 40.9 Å². The zero-order chi connectivity index (χ0) is 27.9. The monoisotopic (exact) mass is 529 g/mol. The van der Waals surface area contributed by atoms with E-state index in [-0.39, 0.29) is 30.9 Å². The Morgan fingerprint density at radius 3 is 2.64 bits per heavy atom. The molecule has 39 heavy (non-hydrogen) atoms. The maximum atomic E-state index is 13.6. The molecule has 3 N–H and O–H groups in total. The van der Waals surface area contributed by atoms with E-state index < -0.39 is 22.7 Å². The normalized spacial score (nSPS) is 17.8. The third-order valence-corrected chi connectivity index (χ3v) is 7.38. The molecule has 0 aliphatic carbocycles. The van der Waals surface area contributed by atoms with Gasteiger partial charge in [-0.3, -0.25) is 14.6 Å². The van der Waals surface area contributed by atoms with Gasteiger partial charge in [-0.05, 0) is 74.2 Å². The average molecular weight is 530 g/mol. The van der Waals surface area contributed by atoms with Crippen LogP contribution >= 0.6 is 0 Å². The number of rotatable bonds is 8. The van der Waals surface area contributed by atoms with Crippen LogP contribution in [0.5, 0.6) is 11.5 Å². The van der Waals surface area contributed by atoms with Crippen LogP contribution in [0.4, 0.5) is 4.39 Å². The summed E-state index contributed by atoms with van der Waals surface area (Å²) in [6.45, 7) is 3.24. The van der Waals surface area contributed by atoms with E-state index in [1.807, 2.05) is 0 Å². The molecule has 5 rings (SSSR count). The lowest BCUT2D eigenvalue weighted by Gasteiger charge is -2.26. The van der Waals surface area contributed by atoms with Gasteiger partial charge in [0.15, 0.2) is 5.78 Å². The number of pyridine rings is 2. The summed E-state index contributed by atoms with van der Waals surface area (Å²) in [6.07, 6.45) is 3.38. The molecular weight excluding hydrogens is 501 g/mol. The number of benzene rings is 2. The van der Waals surface area contributed by atoms with Crippen LogP contribution in [-0.2, 0) is 15.8 Å². The van der Waals surface area contributed by atoms with Crippen LogP contribution in [0.15, 0.2) is 60.9 Å². The lowest BCUT2D eigenvalue weighted by Crippen LogP contribution is -2.40. The molecule has 8 nitrogen and oxygen atoms in total. The summed E-state index contributed by atoms with van der Waals surface area (Å²) >= 11 is 0. The minimum Gasteiger partial charge on any atom is -0.496 e. The molecule has 0 bridgehead atoms.